The molecule has 0 aromatic heterocycles. The van der Waals surface area contributed by atoms with E-state index in [2.05, 4.69) is 18.6 Å². The van der Waals surface area contributed by atoms with E-state index >= 15 is 0 Å². The van der Waals surface area contributed by atoms with Gasteiger partial charge in [0.25, 0.3) is 0 Å². The lowest BCUT2D eigenvalue weighted by atomic mass is 9.30. The maximum atomic E-state index is 11.3. The summed E-state index contributed by atoms with van der Waals surface area (Å²) in [5, 5.41) is 0. The summed E-state index contributed by atoms with van der Waals surface area (Å²) in [5.74, 6) is 0.469. The number of esters is 1. The first-order valence-electron chi connectivity index (χ1n) is 5.29. The molecule has 3 fully saturated rings. The summed E-state index contributed by atoms with van der Waals surface area (Å²) in [4.78, 5) is 11.3. The fourth-order valence-electron chi connectivity index (χ4n) is 3.27. The van der Waals surface area contributed by atoms with Gasteiger partial charge in [0.2, 0.25) is 0 Å². The van der Waals surface area contributed by atoms with E-state index < -0.39 is 6.04 Å². The number of rotatable bonds is 3. The molecule has 3 aliphatic carbocycles. The molecule has 3 rings (SSSR count). The van der Waals surface area contributed by atoms with Gasteiger partial charge in [-0.15, -0.1) is 0 Å². The maximum absolute atomic E-state index is 11.3. The molecule has 2 bridgehead atoms. The SMILES string of the molecule is COC(=O)[C@H](N)C12CC(C(C)C)(C1)C2. The first kappa shape index (κ1) is 9.97. The highest BCUT2D eigenvalue weighted by molar-refractivity contribution is 5.77. The van der Waals surface area contributed by atoms with Gasteiger partial charge in [-0.3, -0.25) is 4.79 Å². The van der Waals surface area contributed by atoms with E-state index in [1.807, 2.05) is 0 Å². The molecule has 0 heterocycles. The van der Waals surface area contributed by atoms with Gasteiger partial charge in [-0.2, -0.15) is 0 Å². The van der Waals surface area contributed by atoms with E-state index in [1.165, 1.54) is 7.11 Å². The van der Waals surface area contributed by atoms with Gasteiger partial charge in [0.05, 0.1) is 7.11 Å². The van der Waals surface area contributed by atoms with Gasteiger partial charge in [0.15, 0.2) is 0 Å². The van der Waals surface area contributed by atoms with Crippen LogP contribution in [0.3, 0.4) is 0 Å². The van der Waals surface area contributed by atoms with E-state index in [1.54, 1.807) is 0 Å². The van der Waals surface area contributed by atoms with Crippen molar-refractivity contribution in [2.24, 2.45) is 22.5 Å². The molecule has 2 N–H and O–H groups in total. The normalized spacial score (nSPS) is 41.2. The van der Waals surface area contributed by atoms with Crippen LogP contribution >= 0.6 is 0 Å². The Kier molecular flexibility index (Phi) is 1.94. The minimum atomic E-state index is -0.395. The van der Waals surface area contributed by atoms with Crippen LogP contribution in [0.2, 0.25) is 0 Å². The van der Waals surface area contributed by atoms with Crippen LogP contribution in [-0.2, 0) is 9.53 Å². The summed E-state index contributed by atoms with van der Waals surface area (Å²) >= 11 is 0. The van der Waals surface area contributed by atoms with Crippen LogP contribution in [0.1, 0.15) is 33.1 Å². The minimum absolute atomic E-state index is 0.0946. The smallest absolute Gasteiger partial charge is 0.323 e. The Labute approximate surface area is 85.0 Å². The van der Waals surface area contributed by atoms with Crippen molar-refractivity contribution in [3.8, 4) is 0 Å². The van der Waals surface area contributed by atoms with Crippen LogP contribution in [0.15, 0.2) is 0 Å². The zero-order valence-electron chi connectivity index (χ0n) is 9.17. The van der Waals surface area contributed by atoms with Crippen molar-refractivity contribution in [2.75, 3.05) is 7.11 Å². The number of methoxy groups -OCH3 is 1. The van der Waals surface area contributed by atoms with Crippen molar-refractivity contribution in [3.05, 3.63) is 0 Å². The molecule has 80 valence electrons. The van der Waals surface area contributed by atoms with E-state index in [4.69, 9.17) is 5.73 Å². The van der Waals surface area contributed by atoms with Gasteiger partial charge in [-0.25, -0.2) is 0 Å². The fourth-order valence-corrected chi connectivity index (χ4v) is 3.27. The Morgan fingerprint density at radius 2 is 1.79 bits per heavy atom. The van der Waals surface area contributed by atoms with Crippen molar-refractivity contribution < 1.29 is 9.53 Å². The molecule has 1 atom stereocenters. The van der Waals surface area contributed by atoms with E-state index in [9.17, 15) is 4.79 Å². The van der Waals surface area contributed by atoms with Crippen molar-refractivity contribution in [2.45, 2.75) is 39.2 Å². The molecule has 3 aliphatic rings. The third-order valence-electron chi connectivity index (χ3n) is 4.45. The van der Waals surface area contributed by atoms with Gasteiger partial charge < -0.3 is 10.5 Å². The summed E-state index contributed by atoms with van der Waals surface area (Å²) < 4.78 is 4.69. The second-order valence-corrected chi connectivity index (χ2v) is 5.41. The van der Waals surface area contributed by atoms with Crippen LogP contribution in [0, 0.1) is 16.7 Å². The lowest BCUT2D eigenvalue weighted by Crippen LogP contribution is -2.72. The summed E-state index contributed by atoms with van der Waals surface area (Å²) in [6.45, 7) is 4.51. The second kappa shape index (κ2) is 2.72. The lowest BCUT2D eigenvalue weighted by molar-refractivity contribution is -0.242. The number of nitrogens with two attached hydrogens (primary N) is 1. The molecule has 0 amide bonds. The lowest BCUT2D eigenvalue weighted by Gasteiger charge is -2.74. The van der Waals surface area contributed by atoms with Gasteiger partial charge in [0, 0.05) is 0 Å². The topological polar surface area (TPSA) is 52.3 Å². The van der Waals surface area contributed by atoms with Crippen LogP contribution in [0.5, 0.6) is 0 Å². The molecular formula is C11H19NO2. The van der Waals surface area contributed by atoms with Crippen molar-refractivity contribution in [3.63, 3.8) is 0 Å². The van der Waals surface area contributed by atoms with Crippen molar-refractivity contribution in [1.29, 1.82) is 0 Å². The van der Waals surface area contributed by atoms with Crippen LogP contribution in [0.4, 0.5) is 0 Å². The van der Waals surface area contributed by atoms with Crippen LogP contribution in [-0.4, -0.2) is 19.1 Å². The zero-order valence-corrected chi connectivity index (χ0v) is 9.17. The monoisotopic (exact) mass is 197 g/mol. The Hall–Kier alpha value is -0.570. The number of hydrogen-bond acceptors (Lipinski definition) is 3. The largest absolute Gasteiger partial charge is 0.468 e. The molecule has 0 unspecified atom stereocenters. The Morgan fingerprint density at radius 3 is 2.14 bits per heavy atom. The van der Waals surface area contributed by atoms with Crippen molar-refractivity contribution in [1.82, 2.24) is 0 Å². The van der Waals surface area contributed by atoms with E-state index in [0.717, 1.165) is 19.3 Å². The van der Waals surface area contributed by atoms with Gasteiger partial charge in [-0.05, 0) is 36.0 Å². The Morgan fingerprint density at radius 1 is 1.29 bits per heavy atom. The molecule has 0 aromatic rings. The molecule has 3 nitrogen and oxygen atoms in total. The number of ether oxygens (including phenoxy) is 1. The predicted molar refractivity (Wildman–Crippen MR) is 53.5 cm³/mol. The van der Waals surface area contributed by atoms with Crippen molar-refractivity contribution >= 4 is 5.97 Å². The third-order valence-corrected chi connectivity index (χ3v) is 4.45. The van der Waals surface area contributed by atoms with Crippen LogP contribution < -0.4 is 5.73 Å². The molecule has 14 heavy (non-hydrogen) atoms. The first-order valence-corrected chi connectivity index (χ1v) is 5.29. The van der Waals surface area contributed by atoms with Gasteiger partial charge in [-0.1, -0.05) is 13.8 Å². The Balaban J connectivity index is 1.97. The molecule has 0 radical (unpaired) electrons. The molecular weight excluding hydrogens is 178 g/mol. The second-order valence-electron chi connectivity index (χ2n) is 5.41. The summed E-state index contributed by atoms with van der Waals surface area (Å²) in [6.07, 6.45) is 3.36. The number of carbonyl (C=O) groups is 1. The van der Waals surface area contributed by atoms with E-state index in [0.29, 0.717) is 11.3 Å². The molecule has 0 aliphatic heterocycles. The van der Waals surface area contributed by atoms with Gasteiger partial charge in [0.1, 0.15) is 6.04 Å². The van der Waals surface area contributed by atoms with E-state index in [-0.39, 0.29) is 11.4 Å². The number of hydrogen-bond donors (Lipinski definition) is 1. The van der Waals surface area contributed by atoms with Crippen LogP contribution in [0.25, 0.3) is 0 Å². The number of carbonyl (C=O) groups excluding carboxylic acids is 1. The maximum Gasteiger partial charge on any atom is 0.323 e. The predicted octanol–water partition coefficient (Wildman–Crippen LogP) is 1.31. The average Bonchev–Trinajstić information content (AvgIpc) is 1.96. The Bertz CT molecular complexity index is 253. The standard InChI is InChI=1S/C11H19NO2/c1-7(2)10-4-11(5-10,6-10)8(12)9(13)14-3/h7-8H,4-6,12H2,1-3H3/t8-,10?,11?/m0/s1. The average molecular weight is 197 g/mol. The third kappa shape index (κ3) is 0.991. The molecule has 0 spiro atoms. The summed E-state index contributed by atoms with van der Waals surface area (Å²) in [6, 6.07) is -0.395. The summed E-state index contributed by atoms with van der Waals surface area (Å²) in [5.41, 5.74) is 6.49. The minimum Gasteiger partial charge on any atom is -0.468 e. The first-order chi connectivity index (χ1) is 6.46. The quantitative estimate of drug-likeness (QED) is 0.694. The molecule has 3 heteroatoms. The highest BCUT2D eigenvalue weighted by Crippen LogP contribution is 2.77. The van der Waals surface area contributed by atoms with Gasteiger partial charge >= 0.3 is 5.97 Å². The molecule has 0 saturated heterocycles. The molecule has 3 saturated carbocycles. The highest BCUT2D eigenvalue weighted by atomic mass is 16.5. The zero-order chi connectivity index (χ0) is 10.6. The molecule has 0 aromatic carbocycles. The fraction of sp³-hybridized carbons (Fsp3) is 0.909. The summed E-state index contributed by atoms with van der Waals surface area (Å²) in [7, 11) is 1.41. The highest BCUT2D eigenvalue weighted by Gasteiger charge is 2.71.